The van der Waals surface area contributed by atoms with Crippen molar-refractivity contribution in [1.29, 1.82) is 0 Å². The summed E-state index contributed by atoms with van der Waals surface area (Å²) >= 11 is 7.00. The van der Waals surface area contributed by atoms with Crippen LogP contribution in [-0.2, 0) is 4.74 Å². The summed E-state index contributed by atoms with van der Waals surface area (Å²) in [4.78, 5) is 0. The first kappa shape index (κ1) is 14.2. The molecule has 0 aliphatic carbocycles. The second kappa shape index (κ2) is 7.43. The van der Waals surface area contributed by atoms with Gasteiger partial charge in [0.25, 0.3) is 0 Å². The molecule has 0 aliphatic rings. The minimum absolute atomic E-state index is 0.658. The van der Waals surface area contributed by atoms with Crippen molar-refractivity contribution in [3.8, 4) is 0 Å². The molecule has 3 nitrogen and oxygen atoms in total. The lowest BCUT2D eigenvalue weighted by Gasteiger charge is -2.10. The molecule has 19 heavy (non-hydrogen) atoms. The summed E-state index contributed by atoms with van der Waals surface area (Å²) in [5.41, 5.74) is 1.02. The van der Waals surface area contributed by atoms with Crippen LogP contribution in [-0.4, -0.2) is 24.9 Å². The first-order valence-corrected chi connectivity index (χ1v) is 7.68. The van der Waals surface area contributed by atoms with E-state index in [0.717, 1.165) is 31.9 Å². The highest BCUT2D eigenvalue weighted by atomic mass is 32.1. The fourth-order valence-electron chi connectivity index (χ4n) is 1.74. The van der Waals surface area contributed by atoms with Gasteiger partial charge in [-0.2, -0.15) is 0 Å². The highest BCUT2D eigenvalue weighted by molar-refractivity contribution is 7.80. The standard InChI is InChI=1S/C14H18N2OS2/c1-2-17-8-3-7-15-14(18)16-12-4-5-13-11(10-12)6-9-19-13/h4-6,9-10H,2-3,7-8H2,1H3,(H2,15,16,18). The number of thiophene rings is 1. The Kier molecular flexibility index (Phi) is 5.57. The summed E-state index contributed by atoms with van der Waals surface area (Å²) in [6, 6.07) is 8.39. The Labute approximate surface area is 123 Å². The van der Waals surface area contributed by atoms with E-state index < -0.39 is 0 Å². The predicted molar refractivity (Wildman–Crippen MR) is 87.2 cm³/mol. The first-order valence-electron chi connectivity index (χ1n) is 6.39. The first-order chi connectivity index (χ1) is 9.29. The molecule has 0 unspecified atom stereocenters. The SMILES string of the molecule is CCOCCCNC(=S)Nc1ccc2sccc2c1. The minimum Gasteiger partial charge on any atom is -0.382 e. The zero-order chi connectivity index (χ0) is 13.5. The molecule has 0 atom stereocenters. The van der Waals surface area contributed by atoms with Crippen LogP contribution in [0.2, 0.25) is 0 Å². The summed E-state index contributed by atoms with van der Waals surface area (Å²) in [6.45, 7) is 4.36. The Morgan fingerprint density at radius 1 is 1.37 bits per heavy atom. The van der Waals surface area contributed by atoms with Crippen LogP contribution in [0.5, 0.6) is 0 Å². The number of fused-ring (bicyclic) bond motifs is 1. The van der Waals surface area contributed by atoms with Crippen LogP contribution in [0.15, 0.2) is 29.6 Å². The molecule has 1 aromatic heterocycles. The molecule has 0 aliphatic heterocycles. The largest absolute Gasteiger partial charge is 0.382 e. The Bertz CT molecular complexity index is 539. The molecule has 0 radical (unpaired) electrons. The molecule has 0 saturated carbocycles. The topological polar surface area (TPSA) is 33.3 Å². The van der Waals surface area contributed by atoms with Gasteiger partial charge in [-0.15, -0.1) is 11.3 Å². The summed E-state index contributed by atoms with van der Waals surface area (Å²) in [6.07, 6.45) is 0.958. The van der Waals surface area contributed by atoms with Gasteiger partial charge in [0.05, 0.1) is 0 Å². The van der Waals surface area contributed by atoms with Crippen LogP contribution in [0.25, 0.3) is 10.1 Å². The molecule has 2 aromatic rings. The second-order valence-electron chi connectivity index (χ2n) is 4.10. The van der Waals surface area contributed by atoms with Gasteiger partial charge in [-0.3, -0.25) is 0 Å². The van der Waals surface area contributed by atoms with E-state index in [0.29, 0.717) is 5.11 Å². The van der Waals surface area contributed by atoms with Crippen molar-refractivity contribution in [2.24, 2.45) is 0 Å². The van der Waals surface area contributed by atoms with Gasteiger partial charge in [0, 0.05) is 30.1 Å². The molecule has 0 spiro atoms. The van der Waals surface area contributed by atoms with Crippen molar-refractivity contribution in [3.63, 3.8) is 0 Å². The summed E-state index contributed by atoms with van der Waals surface area (Å²) in [5, 5.41) is 10.4. The number of nitrogens with one attached hydrogen (secondary N) is 2. The summed E-state index contributed by atoms with van der Waals surface area (Å²) in [7, 11) is 0. The van der Waals surface area contributed by atoms with Gasteiger partial charge >= 0.3 is 0 Å². The lowest BCUT2D eigenvalue weighted by atomic mass is 10.2. The second-order valence-corrected chi connectivity index (χ2v) is 5.46. The number of thiocarbonyl (C=S) groups is 1. The van der Waals surface area contributed by atoms with Crippen LogP contribution in [0.1, 0.15) is 13.3 Å². The quantitative estimate of drug-likeness (QED) is 0.630. The van der Waals surface area contributed by atoms with Crippen LogP contribution in [0.3, 0.4) is 0 Å². The van der Waals surface area contributed by atoms with Crippen molar-refractivity contribution < 1.29 is 4.74 Å². The molecular weight excluding hydrogens is 276 g/mol. The molecule has 5 heteroatoms. The number of benzene rings is 1. The Morgan fingerprint density at radius 3 is 3.11 bits per heavy atom. The zero-order valence-electron chi connectivity index (χ0n) is 10.9. The number of rotatable bonds is 6. The highest BCUT2D eigenvalue weighted by Crippen LogP contribution is 2.23. The molecule has 2 N–H and O–H groups in total. The number of hydrogen-bond acceptors (Lipinski definition) is 3. The predicted octanol–water partition coefficient (Wildman–Crippen LogP) is 3.61. The fourth-order valence-corrected chi connectivity index (χ4v) is 2.73. The van der Waals surface area contributed by atoms with Gasteiger partial charge in [0.1, 0.15) is 0 Å². The van der Waals surface area contributed by atoms with Crippen LogP contribution in [0.4, 0.5) is 5.69 Å². The molecule has 0 saturated heterocycles. The summed E-state index contributed by atoms with van der Waals surface area (Å²) < 4.78 is 6.56. The minimum atomic E-state index is 0.658. The van der Waals surface area contributed by atoms with E-state index >= 15 is 0 Å². The maximum absolute atomic E-state index is 5.27. The third kappa shape index (κ3) is 4.45. The average molecular weight is 294 g/mol. The lowest BCUT2D eigenvalue weighted by molar-refractivity contribution is 0.146. The molecule has 1 aromatic carbocycles. The lowest BCUT2D eigenvalue weighted by Crippen LogP contribution is -2.29. The molecule has 102 valence electrons. The maximum atomic E-state index is 5.27. The Hall–Kier alpha value is -1.17. The van der Waals surface area contributed by atoms with Crippen LogP contribution >= 0.6 is 23.6 Å². The molecule has 0 amide bonds. The normalized spacial score (nSPS) is 10.6. The molecular formula is C14H18N2OS2. The van der Waals surface area contributed by atoms with Gasteiger partial charge in [-0.25, -0.2) is 0 Å². The van der Waals surface area contributed by atoms with Crippen molar-refractivity contribution in [2.75, 3.05) is 25.1 Å². The smallest absolute Gasteiger partial charge is 0.170 e. The van der Waals surface area contributed by atoms with E-state index in [1.807, 2.05) is 13.0 Å². The van der Waals surface area contributed by atoms with E-state index in [1.54, 1.807) is 11.3 Å². The number of hydrogen-bond donors (Lipinski definition) is 2. The number of ether oxygens (including phenoxy) is 1. The third-order valence-electron chi connectivity index (χ3n) is 2.67. The van der Waals surface area contributed by atoms with Gasteiger partial charge in [0.15, 0.2) is 5.11 Å². The maximum Gasteiger partial charge on any atom is 0.170 e. The van der Waals surface area contributed by atoms with Crippen molar-refractivity contribution in [1.82, 2.24) is 5.32 Å². The van der Waals surface area contributed by atoms with E-state index in [1.165, 1.54) is 10.1 Å². The fraction of sp³-hybridized carbons (Fsp3) is 0.357. The van der Waals surface area contributed by atoms with E-state index in [9.17, 15) is 0 Å². The zero-order valence-corrected chi connectivity index (χ0v) is 12.6. The van der Waals surface area contributed by atoms with Gasteiger partial charge < -0.3 is 15.4 Å². The average Bonchev–Trinajstić information content (AvgIpc) is 2.86. The Balaban J connectivity index is 1.78. The van der Waals surface area contributed by atoms with Crippen LogP contribution in [0, 0.1) is 0 Å². The van der Waals surface area contributed by atoms with E-state index in [4.69, 9.17) is 17.0 Å². The molecule has 0 fully saturated rings. The van der Waals surface area contributed by atoms with Crippen LogP contribution < -0.4 is 10.6 Å². The Morgan fingerprint density at radius 2 is 2.26 bits per heavy atom. The summed E-state index contributed by atoms with van der Waals surface area (Å²) in [5.74, 6) is 0. The highest BCUT2D eigenvalue weighted by Gasteiger charge is 2.00. The molecule has 1 heterocycles. The van der Waals surface area contributed by atoms with Gasteiger partial charge in [-0.1, -0.05) is 0 Å². The molecule has 2 rings (SSSR count). The number of anilines is 1. The van der Waals surface area contributed by atoms with Crippen molar-refractivity contribution in [2.45, 2.75) is 13.3 Å². The van der Waals surface area contributed by atoms with E-state index in [2.05, 4.69) is 34.2 Å². The van der Waals surface area contributed by atoms with Crippen molar-refractivity contribution >= 4 is 44.4 Å². The third-order valence-corrected chi connectivity index (χ3v) is 3.81. The molecule has 0 bridgehead atoms. The monoisotopic (exact) mass is 294 g/mol. The van der Waals surface area contributed by atoms with Gasteiger partial charge in [0.2, 0.25) is 0 Å². The van der Waals surface area contributed by atoms with Gasteiger partial charge in [-0.05, 0) is 60.6 Å². The van der Waals surface area contributed by atoms with E-state index in [-0.39, 0.29) is 0 Å². The van der Waals surface area contributed by atoms with Crippen molar-refractivity contribution in [3.05, 3.63) is 29.6 Å².